The van der Waals surface area contributed by atoms with Crippen LogP contribution in [-0.4, -0.2) is 59.5 Å². The third kappa shape index (κ3) is 2.96. The highest BCUT2D eigenvalue weighted by Gasteiger charge is 2.62. The molecular formula is C23H25N3O3S. The zero-order chi connectivity index (χ0) is 21.0. The summed E-state index contributed by atoms with van der Waals surface area (Å²) >= 11 is 5.95. The van der Waals surface area contributed by atoms with Gasteiger partial charge in [-0.2, -0.15) is 0 Å². The molecule has 2 aromatic carbocycles. The molecular weight excluding hydrogens is 398 g/mol. The maximum atomic E-state index is 12.6. The molecule has 5 atom stereocenters. The van der Waals surface area contributed by atoms with Gasteiger partial charge in [-0.1, -0.05) is 30.3 Å². The molecule has 1 aliphatic carbocycles. The SMILES string of the molecule is CN(C)c1ccc(N2C(=S)N(Cc3ccccc3)[C@H]3[C@H]4OC(=O)[C@H](C[C@H]4O)[C@H]32)cc1. The molecule has 6 rings (SSSR count). The van der Waals surface area contributed by atoms with Gasteiger partial charge in [-0.25, -0.2) is 0 Å². The molecule has 4 fully saturated rings. The van der Waals surface area contributed by atoms with Crippen molar-refractivity contribution in [2.45, 2.75) is 37.3 Å². The summed E-state index contributed by atoms with van der Waals surface area (Å²) in [5.74, 6) is -0.631. The molecule has 0 radical (unpaired) electrons. The number of rotatable bonds is 4. The third-order valence-corrected chi connectivity index (χ3v) is 6.91. The zero-order valence-corrected chi connectivity index (χ0v) is 17.8. The van der Waals surface area contributed by atoms with Gasteiger partial charge < -0.3 is 24.5 Å². The number of carbonyl (C=O) groups is 1. The van der Waals surface area contributed by atoms with E-state index in [9.17, 15) is 9.90 Å². The first kappa shape index (κ1) is 19.3. The minimum Gasteiger partial charge on any atom is -0.457 e. The number of anilines is 2. The van der Waals surface area contributed by atoms with Gasteiger partial charge in [-0.15, -0.1) is 0 Å². The standard InChI is InChI=1S/C23H25N3O3S/c1-24(2)15-8-10-16(11-9-15)26-19-17-12-18(27)21(29-22(17)28)20(19)25(23(26)30)13-14-6-4-3-5-7-14/h3-11,17-21,27H,12-13H2,1-2H3/t17-,18-,19-,20-,21+/m1/s1. The predicted molar refractivity (Wildman–Crippen MR) is 119 cm³/mol. The van der Waals surface area contributed by atoms with E-state index in [2.05, 4.69) is 46.2 Å². The van der Waals surface area contributed by atoms with Gasteiger partial charge in [0.1, 0.15) is 6.10 Å². The van der Waals surface area contributed by atoms with Crippen molar-refractivity contribution in [3.8, 4) is 0 Å². The first-order valence-electron chi connectivity index (χ1n) is 10.3. The average molecular weight is 424 g/mol. The molecule has 1 saturated carbocycles. The Hall–Kier alpha value is -2.64. The summed E-state index contributed by atoms with van der Waals surface area (Å²) < 4.78 is 5.64. The largest absolute Gasteiger partial charge is 0.457 e. The third-order valence-electron chi connectivity index (χ3n) is 6.48. The van der Waals surface area contributed by atoms with Crippen molar-refractivity contribution in [1.29, 1.82) is 0 Å². The van der Waals surface area contributed by atoms with Gasteiger partial charge in [0, 0.05) is 32.0 Å². The van der Waals surface area contributed by atoms with Gasteiger partial charge in [-0.3, -0.25) is 4.79 Å². The number of hydrogen-bond donors (Lipinski definition) is 1. The Morgan fingerprint density at radius 3 is 2.47 bits per heavy atom. The van der Waals surface area contributed by atoms with Crippen molar-refractivity contribution < 1.29 is 14.6 Å². The second-order valence-corrected chi connectivity index (χ2v) is 8.83. The summed E-state index contributed by atoms with van der Waals surface area (Å²) in [5.41, 5.74) is 3.19. The molecule has 0 spiro atoms. The van der Waals surface area contributed by atoms with Gasteiger partial charge in [-0.05, 0) is 48.5 Å². The highest BCUT2D eigenvalue weighted by molar-refractivity contribution is 7.80. The Kier molecular flexibility index (Phi) is 4.67. The Morgan fingerprint density at radius 2 is 1.80 bits per heavy atom. The van der Waals surface area contributed by atoms with Crippen LogP contribution in [-0.2, 0) is 16.1 Å². The second kappa shape index (κ2) is 7.25. The van der Waals surface area contributed by atoms with E-state index < -0.39 is 18.1 Å². The van der Waals surface area contributed by atoms with E-state index in [4.69, 9.17) is 17.0 Å². The fraction of sp³-hybridized carbons (Fsp3) is 0.391. The van der Waals surface area contributed by atoms with E-state index in [0.29, 0.717) is 18.1 Å². The van der Waals surface area contributed by atoms with E-state index in [1.165, 1.54) is 0 Å². The molecule has 0 unspecified atom stereocenters. The first-order valence-corrected chi connectivity index (χ1v) is 10.7. The lowest BCUT2D eigenvalue weighted by Crippen LogP contribution is -2.66. The summed E-state index contributed by atoms with van der Waals surface area (Å²) in [6, 6.07) is 18.0. The van der Waals surface area contributed by atoms with Crippen LogP contribution in [0.25, 0.3) is 0 Å². The van der Waals surface area contributed by atoms with Gasteiger partial charge in [0.2, 0.25) is 0 Å². The Balaban J connectivity index is 1.55. The number of carbonyl (C=O) groups excluding carboxylic acids is 1. The van der Waals surface area contributed by atoms with Crippen molar-refractivity contribution in [2.24, 2.45) is 5.92 Å². The predicted octanol–water partition coefficient (Wildman–Crippen LogP) is 2.40. The molecule has 156 valence electrons. The molecule has 3 heterocycles. The lowest BCUT2D eigenvalue weighted by molar-refractivity contribution is -0.194. The minimum atomic E-state index is -0.661. The van der Waals surface area contributed by atoms with Crippen molar-refractivity contribution in [3.05, 3.63) is 60.2 Å². The number of esters is 1. The number of benzene rings is 2. The smallest absolute Gasteiger partial charge is 0.311 e. The van der Waals surface area contributed by atoms with Crippen LogP contribution in [0, 0.1) is 5.92 Å². The highest BCUT2D eigenvalue weighted by atomic mass is 32.1. The van der Waals surface area contributed by atoms with E-state index in [0.717, 1.165) is 16.9 Å². The maximum absolute atomic E-state index is 12.6. The van der Waals surface area contributed by atoms with Crippen LogP contribution >= 0.6 is 12.2 Å². The topological polar surface area (TPSA) is 56.2 Å². The van der Waals surface area contributed by atoms with Crippen LogP contribution < -0.4 is 9.80 Å². The molecule has 0 amide bonds. The van der Waals surface area contributed by atoms with E-state index in [1.807, 2.05) is 37.2 Å². The van der Waals surface area contributed by atoms with Crippen LogP contribution in [0.3, 0.4) is 0 Å². The van der Waals surface area contributed by atoms with E-state index >= 15 is 0 Å². The van der Waals surface area contributed by atoms with Gasteiger partial charge in [0.05, 0.1) is 24.1 Å². The lowest BCUT2D eigenvalue weighted by Gasteiger charge is -2.49. The highest BCUT2D eigenvalue weighted by Crippen LogP contribution is 2.46. The Morgan fingerprint density at radius 1 is 1.10 bits per heavy atom. The fourth-order valence-corrected chi connectivity index (χ4v) is 5.45. The molecule has 3 aliphatic heterocycles. The summed E-state index contributed by atoms with van der Waals surface area (Å²) in [7, 11) is 4.01. The van der Waals surface area contributed by atoms with Gasteiger partial charge in [0.25, 0.3) is 0 Å². The molecule has 3 saturated heterocycles. The number of hydrogen-bond acceptors (Lipinski definition) is 5. The maximum Gasteiger partial charge on any atom is 0.311 e. The molecule has 2 bridgehead atoms. The quantitative estimate of drug-likeness (QED) is 0.599. The van der Waals surface area contributed by atoms with Crippen LogP contribution in [0.4, 0.5) is 11.4 Å². The van der Waals surface area contributed by atoms with E-state index in [1.54, 1.807) is 0 Å². The molecule has 0 aromatic heterocycles. The second-order valence-electron chi connectivity index (χ2n) is 8.47. The number of aliphatic hydroxyl groups excluding tert-OH is 1. The molecule has 4 aliphatic rings. The van der Waals surface area contributed by atoms with Crippen molar-refractivity contribution in [1.82, 2.24) is 4.90 Å². The van der Waals surface area contributed by atoms with Crippen LogP contribution in [0.5, 0.6) is 0 Å². The molecule has 2 aromatic rings. The van der Waals surface area contributed by atoms with Crippen LogP contribution in [0.1, 0.15) is 12.0 Å². The van der Waals surface area contributed by atoms with E-state index in [-0.39, 0.29) is 18.1 Å². The Labute approximate surface area is 181 Å². The molecule has 30 heavy (non-hydrogen) atoms. The van der Waals surface area contributed by atoms with Gasteiger partial charge in [0.15, 0.2) is 5.11 Å². The summed E-state index contributed by atoms with van der Waals surface area (Å²) in [6.07, 6.45) is -0.815. The number of fused-ring (bicyclic) bond motifs is 2. The number of ether oxygens (including phenoxy) is 1. The Bertz CT molecular complexity index is 965. The monoisotopic (exact) mass is 423 g/mol. The van der Waals surface area contributed by atoms with Crippen molar-refractivity contribution in [3.63, 3.8) is 0 Å². The van der Waals surface area contributed by atoms with Crippen LogP contribution in [0.2, 0.25) is 0 Å². The minimum absolute atomic E-state index is 0.138. The zero-order valence-electron chi connectivity index (χ0n) is 17.0. The fourth-order valence-electron chi connectivity index (χ4n) is 5.03. The van der Waals surface area contributed by atoms with Crippen molar-refractivity contribution >= 4 is 34.7 Å². The van der Waals surface area contributed by atoms with Gasteiger partial charge >= 0.3 is 5.97 Å². The van der Waals surface area contributed by atoms with Crippen LogP contribution in [0.15, 0.2) is 54.6 Å². The summed E-state index contributed by atoms with van der Waals surface area (Å²) in [6.45, 7) is 0.612. The summed E-state index contributed by atoms with van der Waals surface area (Å²) in [4.78, 5) is 18.9. The number of thiocarbonyl (C=S) groups is 1. The normalized spacial score (nSPS) is 29.8. The molecule has 7 heteroatoms. The molecule has 1 N–H and O–H groups in total. The average Bonchev–Trinajstić information content (AvgIpc) is 3.03. The molecule has 6 nitrogen and oxygen atoms in total. The van der Waals surface area contributed by atoms with Crippen molar-refractivity contribution in [2.75, 3.05) is 23.9 Å². The number of nitrogens with zero attached hydrogens (tertiary/aromatic N) is 3. The summed E-state index contributed by atoms with van der Waals surface area (Å²) in [5, 5.41) is 11.3. The first-order chi connectivity index (χ1) is 14.5. The number of aliphatic hydroxyl groups is 1. The lowest BCUT2D eigenvalue weighted by atomic mass is 9.74.